The fourth-order valence-corrected chi connectivity index (χ4v) is 2.17. The van der Waals surface area contributed by atoms with Gasteiger partial charge in [-0.15, -0.1) is 0 Å². The molecule has 1 aromatic carbocycles. The number of nitrogens with zero attached hydrogens (tertiary/aromatic N) is 1. The molecule has 1 aliphatic heterocycles. The van der Waals surface area contributed by atoms with Gasteiger partial charge in [-0.3, -0.25) is 9.69 Å². The van der Waals surface area contributed by atoms with Gasteiger partial charge in [0.15, 0.2) is 0 Å². The van der Waals surface area contributed by atoms with Crippen molar-refractivity contribution in [2.24, 2.45) is 5.73 Å². The molecule has 2 rings (SSSR count). The summed E-state index contributed by atoms with van der Waals surface area (Å²) in [7, 11) is 0. The van der Waals surface area contributed by atoms with Crippen molar-refractivity contribution in [3.05, 3.63) is 27.8 Å². The van der Waals surface area contributed by atoms with E-state index < -0.39 is 0 Å². The number of hydrogen-bond acceptors (Lipinski definition) is 3. The Morgan fingerprint density at radius 3 is 2.72 bits per heavy atom. The maximum Gasteiger partial charge on any atom is 0.414 e. The Balaban J connectivity index is 2.00. The quantitative estimate of drug-likeness (QED) is 0.834. The molecular weight excluding hydrogens is 347 g/mol. The lowest BCUT2D eigenvalue weighted by molar-refractivity contribution is -0.118. The van der Waals surface area contributed by atoms with Gasteiger partial charge < -0.3 is 10.5 Å². The van der Waals surface area contributed by atoms with Crippen molar-refractivity contribution in [2.75, 3.05) is 11.4 Å². The maximum absolute atomic E-state index is 11.7. The third-order valence-electron chi connectivity index (χ3n) is 2.73. The number of benzene rings is 1. The number of cyclic esters (lactones) is 1. The van der Waals surface area contributed by atoms with Gasteiger partial charge in [-0.2, -0.15) is 0 Å². The molecule has 18 heavy (non-hydrogen) atoms. The standard InChI is InChI=1S/C12H13IN2O3/c13-8-1-3-9(4-2-8)15-7-10(18-12(15)17)5-6-11(14)16/h1-4,10H,5-7H2,(H2,14,16). The van der Waals surface area contributed by atoms with Crippen LogP contribution in [0.2, 0.25) is 0 Å². The Labute approximate surface area is 118 Å². The van der Waals surface area contributed by atoms with Crippen molar-refractivity contribution in [1.29, 1.82) is 0 Å². The molecule has 2 amide bonds. The number of anilines is 1. The van der Waals surface area contributed by atoms with Gasteiger partial charge >= 0.3 is 6.09 Å². The minimum Gasteiger partial charge on any atom is -0.444 e. The number of carbonyl (C=O) groups is 2. The Hall–Kier alpha value is -1.31. The third-order valence-corrected chi connectivity index (χ3v) is 3.44. The Morgan fingerprint density at radius 2 is 2.11 bits per heavy atom. The second-order valence-electron chi connectivity index (χ2n) is 4.10. The average Bonchev–Trinajstić information content (AvgIpc) is 2.69. The van der Waals surface area contributed by atoms with E-state index in [1.807, 2.05) is 24.3 Å². The van der Waals surface area contributed by atoms with E-state index in [2.05, 4.69) is 22.6 Å². The highest BCUT2D eigenvalue weighted by molar-refractivity contribution is 14.1. The number of rotatable bonds is 4. The first-order chi connectivity index (χ1) is 8.56. The Kier molecular flexibility index (Phi) is 4.05. The second kappa shape index (κ2) is 5.55. The SMILES string of the molecule is NC(=O)CCC1CN(c2ccc(I)cc2)C(=O)O1. The zero-order valence-corrected chi connectivity index (χ0v) is 11.8. The molecule has 0 saturated carbocycles. The number of amides is 2. The number of hydrogen-bond donors (Lipinski definition) is 1. The fraction of sp³-hybridized carbons (Fsp3) is 0.333. The van der Waals surface area contributed by atoms with Gasteiger partial charge in [-0.05, 0) is 53.3 Å². The summed E-state index contributed by atoms with van der Waals surface area (Å²) in [6, 6.07) is 7.61. The monoisotopic (exact) mass is 360 g/mol. The number of nitrogens with two attached hydrogens (primary N) is 1. The molecule has 2 N–H and O–H groups in total. The van der Waals surface area contributed by atoms with Crippen molar-refractivity contribution in [2.45, 2.75) is 18.9 Å². The summed E-state index contributed by atoms with van der Waals surface area (Å²) in [5, 5.41) is 0. The second-order valence-corrected chi connectivity index (χ2v) is 5.34. The van der Waals surface area contributed by atoms with Gasteiger partial charge in [0.05, 0.1) is 6.54 Å². The van der Waals surface area contributed by atoms with E-state index in [1.54, 1.807) is 4.90 Å². The molecule has 1 aromatic rings. The van der Waals surface area contributed by atoms with Crippen LogP contribution in [0.1, 0.15) is 12.8 Å². The topological polar surface area (TPSA) is 72.6 Å². The highest BCUT2D eigenvalue weighted by Gasteiger charge is 2.32. The van der Waals surface area contributed by atoms with Crippen molar-refractivity contribution in [1.82, 2.24) is 0 Å². The average molecular weight is 360 g/mol. The van der Waals surface area contributed by atoms with Crippen LogP contribution in [0.3, 0.4) is 0 Å². The summed E-state index contributed by atoms with van der Waals surface area (Å²) in [6.07, 6.45) is 0.0791. The van der Waals surface area contributed by atoms with E-state index >= 15 is 0 Å². The predicted octanol–water partition coefficient (Wildman–Crippen LogP) is 1.88. The van der Waals surface area contributed by atoms with Crippen LogP contribution in [0.5, 0.6) is 0 Å². The predicted molar refractivity (Wildman–Crippen MR) is 75.2 cm³/mol. The third kappa shape index (κ3) is 3.12. The number of carbonyl (C=O) groups excluding carboxylic acids is 2. The first-order valence-electron chi connectivity index (χ1n) is 5.58. The molecule has 0 radical (unpaired) electrons. The molecule has 1 atom stereocenters. The van der Waals surface area contributed by atoms with Gasteiger partial charge in [0.1, 0.15) is 6.10 Å². The molecule has 6 heteroatoms. The maximum atomic E-state index is 11.7. The van der Waals surface area contributed by atoms with Crippen molar-refractivity contribution < 1.29 is 14.3 Å². The van der Waals surface area contributed by atoms with Crippen molar-refractivity contribution in [3.8, 4) is 0 Å². The first kappa shape index (κ1) is 13.1. The van der Waals surface area contributed by atoms with Gasteiger partial charge in [0.2, 0.25) is 5.91 Å². The van der Waals surface area contributed by atoms with Crippen LogP contribution >= 0.6 is 22.6 Å². The van der Waals surface area contributed by atoms with E-state index in [4.69, 9.17) is 10.5 Å². The Morgan fingerprint density at radius 1 is 1.44 bits per heavy atom. The van der Waals surface area contributed by atoms with Gasteiger partial charge in [-0.25, -0.2) is 4.79 Å². The largest absolute Gasteiger partial charge is 0.444 e. The highest BCUT2D eigenvalue weighted by atomic mass is 127. The van der Waals surface area contributed by atoms with E-state index in [9.17, 15) is 9.59 Å². The van der Waals surface area contributed by atoms with E-state index in [1.165, 1.54) is 0 Å². The Bertz CT molecular complexity index is 461. The molecule has 1 unspecified atom stereocenters. The zero-order valence-electron chi connectivity index (χ0n) is 9.64. The van der Waals surface area contributed by atoms with Gasteiger partial charge in [-0.1, -0.05) is 0 Å². The highest BCUT2D eigenvalue weighted by Crippen LogP contribution is 2.24. The van der Waals surface area contributed by atoms with E-state index in [0.717, 1.165) is 9.26 Å². The summed E-state index contributed by atoms with van der Waals surface area (Å²) in [5.41, 5.74) is 5.88. The normalized spacial score (nSPS) is 18.8. The molecule has 1 aliphatic rings. The minimum absolute atomic E-state index is 0.235. The van der Waals surface area contributed by atoms with Crippen LogP contribution in [-0.4, -0.2) is 24.6 Å². The number of primary amides is 1. The molecule has 0 spiro atoms. The van der Waals surface area contributed by atoms with Crippen molar-refractivity contribution >= 4 is 40.3 Å². The smallest absolute Gasteiger partial charge is 0.414 e. The summed E-state index contributed by atoms with van der Waals surface area (Å²) in [4.78, 5) is 24.0. The van der Waals surface area contributed by atoms with Crippen LogP contribution in [-0.2, 0) is 9.53 Å². The molecule has 1 fully saturated rings. The zero-order chi connectivity index (χ0) is 13.1. The van der Waals surface area contributed by atoms with Crippen molar-refractivity contribution in [3.63, 3.8) is 0 Å². The van der Waals surface area contributed by atoms with Crippen LogP contribution in [0.25, 0.3) is 0 Å². The fourth-order valence-electron chi connectivity index (χ4n) is 1.81. The lowest BCUT2D eigenvalue weighted by atomic mass is 10.2. The van der Waals surface area contributed by atoms with Crippen LogP contribution < -0.4 is 10.6 Å². The summed E-state index contributed by atoms with van der Waals surface area (Å²) in [6.45, 7) is 0.465. The summed E-state index contributed by atoms with van der Waals surface area (Å²) < 4.78 is 6.29. The van der Waals surface area contributed by atoms with Crippen LogP contribution in [0, 0.1) is 3.57 Å². The van der Waals surface area contributed by atoms with Gasteiger partial charge in [0.25, 0.3) is 0 Å². The van der Waals surface area contributed by atoms with E-state index in [-0.39, 0.29) is 24.5 Å². The number of ether oxygens (including phenoxy) is 1. The first-order valence-corrected chi connectivity index (χ1v) is 6.66. The van der Waals surface area contributed by atoms with E-state index in [0.29, 0.717) is 13.0 Å². The molecule has 0 aromatic heterocycles. The molecule has 0 bridgehead atoms. The summed E-state index contributed by atoms with van der Waals surface area (Å²) >= 11 is 2.20. The molecule has 96 valence electrons. The lowest BCUT2D eigenvalue weighted by Gasteiger charge is -2.12. The summed E-state index contributed by atoms with van der Waals surface area (Å²) in [5.74, 6) is -0.376. The molecular formula is C12H13IN2O3. The molecule has 1 saturated heterocycles. The lowest BCUT2D eigenvalue weighted by Crippen LogP contribution is -2.24. The van der Waals surface area contributed by atoms with Crippen LogP contribution in [0.4, 0.5) is 10.5 Å². The van der Waals surface area contributed by atoms with Crippen LogP contribution in [0.15, 0.2) is 24.3 Å². The molecule has 0 aliphatic carbocycles. The van der Waals surface area contributed by atoms with Gasteiger partial charge in [0, 0.05) is 15.7 Å². The number of halogens is 1. The molecule has 1 heterocycles. The minimum atomic E-state index is -0.376. The molecule has 5 nitrogen and oxygen atoms in total.